The molecule has 1 rings (SSSR count). The van der Waals surface area contributed by atoms with E-state index < -0.39 is 0 Å². The van der Waals surface area contributed by atoms with E-state index >= 15 is 0 Å². The summed E-state index contributed by atoms with van der Waals surface area (Å²) in [5, 5.41) is 0. The summed E-state index contributed by atoms with van der Waals surface area (Å²) < 4.78 is 1.08. The van der Waals surface area contributed by atoms with Gasteiger partial charge in [-0.2, -0.15) is 0 Å². The second-order valence-electron chi connectivity index (χ2n) is 5.86. The highest BCUT2D eigenvalue weighted by Gasteiger charge is 2.14. The van der Waals surface area contributed by atoms with Gasteiger partial charge in [-0.25, -0.2) is 0 Å². The average molecular weight is 249 g/mol. The third-order valence-electron chi connectivity index (χ3n) is 3.42. The Morgan fingerprint density at radius 3 is 2.17 bits per heavy atom. The number of rotatable bonds is 9. The first-order chi connectivity index (χ1) is 8.64. The predicted molar refractivity (Wildman–Crippen MR) is 79.3 cm³/mol. The van der Waals surface area contributed by atoms with E-state index in [1.807, 2.05) is 0 Å². The van der Waals surface area contributed by atoms with Gasteiger partial charge in [0.15, 0.2) is 0 Å². The van der Waals surface area contributed by atoms with E-state index in [9.17, 15) is 0 Å². The maximum absolute atomic E-state index is 5.50. The number of hydrogen-bond donors (Lipinski definition) is 1. The number of quaternary nitrogens is 1. The van der Waals surface area contributed by atoms with Gasteiger partial charge in [0, 0.05) is 5.56 Å². The molecule has 0 amide bonds. The van der Waals surface area contributed by atoms with Crippen molar-refractivity contribution < 1.29 is 4.48 Å². The van der Waals surface area contributed by atoms with Gasteiger partial charge in [0.25, 0.3) is 0 Å². The molecular formula is C16H29N2+. The SMILES string of the molecule is C[N+](C)(CCCCCCCN)Cc1ccccc1. The van der Waals surface area contributed by atoms with Crippen LogP contribution in [0.5, 0.6) is 0 Å². The summed E-state index contributed by atoms with van der Waals surface area (Å²) in [5.74, 6) is 0. The number of nitrogens with two attached hydrogens (primary N) is 1. The maximum atomic E-state index is 5.50. The zero-order valence-electron chi connectivity index (χ0n) is 12.1. The minimum absolute atomic E-state index is 0.843. The van der Waals surface area contributed by atoms with Crippen molar-refractivity contribution in [3.8, 4) is 0 Å². The van der Waals surface area contributed by atoms with Gasteiger partial charge in [-0.3, -0.25) is 0 Å². The van der Waals surface area contributed by atoms with Crippen LogP contribution in [0.25, 0.3) is 0 Å². The van der Waals surface area contributed by atoms with E-state index in [0.717, 1.165) is 17.6 Å². The van der Waals surface area contributed by atoms with Crippen LogP contribution in [0.3, 0.4) is 0 Å². The summed E-state index contributed by atoms with van der Waals surface area (Å²) in [6.07, 6.45) is 6.48. The molecule has 102 valence electrons. The molecule has 2 nitrogen and oxygen atoms in total. The third kappa shape index (κ3) is 6.77. The zero-order chi connectivity index (χ0) is 13.3. The highest BCUT2D eigenvalue weighted by atomic mass is 15.3. The summed E-state index contributed by atoms with van der Waals surface area (Å²) >= 11 is 0. The molecule has 0 unspecified atom stereocenters. The standard InChI is InChI=1S/C16H29N2/c1-18(2,14-10-5-3-4-9-13-17)15-16-11-7-6-8-12-16/h6-8,11-12H,3-5,9-10,13-15,17H2,1-2H3/q+1. The van der Waals surface area contributed by atoms with Crippen LogP contribution in [0.1, 0.15) is 37.7 Å². The Balaban J connectivity index is 2.19. The Labute approximate surface area is 112 Å². The number of benzene rings is 1. The number of nitrogens with zero attached hydrogens (tertiary/aromatic N) is 1. The molecule has 0 aromatic heterocycles. The van der Waals surface area contributed by atoms with Gasteiger partial charge >= 0.3 is 0 Å². The molecule has 0 saturated heterocycles. The van der Waals surface area contributed by atoms with Gasteiger partial charge in [-0.15, -0.1) is 0 Å². The number of hydrogen-bond acceptors (Lipinski definition) is 1. The second-order valence-corrected chi connectivity index (χ2v) is 5.86. The van der Waals surface area contributed by atoms with E-state index in [2.05, 4.69) is 44.4 Å². The lowest BCUT2D eigenvalue weighted by Gasteiger charge is -2.30. The molecule has 2 heteroatoms. The monoisotopic (exact) mass is 249 g/mol. The van der Waals surface area contributed by atoms with Crippen LogP contribution < -0.4 is 5.73 Å². The molecule has 2 N–H and O–H groups in total. The molecule has 0 aliphatic heterocycles. The van der Waals surface area contributed by atoms with Crippen LogP contribution in [-0.2, 0) is 6.54 Å². The fraction of sp³-hybridized carbons (Fsp3) is 0.625. The molecule has 0 heterocycles. The van der Waals surface area contributed by atoms with Crippen LogP contribution in [0, 0.1) is 0 Å². The lowest BCUT2D eigenvalue weighted by molar-refractivity contribution is -0.903. The molecule has 1 aromatic rings. The fourth-order valence-electron chi connectivity index (χ4n) is 2.37. The van der Waals surface area contributed by atoms with Crippen molar-refractivity contribution in [2.24, 2.45) is 5.73 Å². The minimum atomic E-state index is 0.843. The smallest absolute Gasteiger partial charge is 0.104 e. The molecule has 0 bridgehead atoms. The van der Waals surface area contributed by atoms with E-state index in [-0.39, 0.29) is 0 Å². The van der Waals surface area contributed by atoms with E-state index in [0.29, 0.717) is 0 Å². The Morgan fingerprint density at radius 2 is 1.50 bits per heavy atom. The Kier molecular flexibility index (Phi) is 6.99. The first-order valence-electron chi connectivity index (χ1n) is 7.20. The summed E-state index contributed by atoms with van der Waals surface area (Å²) in [6.45, 7) is 3.23. The van der Waals surface area contributed by atoms with Crippen molar-refractivity contribution in [1.29, 1.82) is 0 Å². The van der Waals surface area contributed by atoms with Gasteiger partial charge < -0.3 is 10.2 Å². The van der Waals surface area contributed by atoms with E-state index in [4.69, 9.17) is 5.73 Å². The summed E-state index contributed by atoms with van der Waals surface area (Å²) in [5.41, 5.74) is 6.93. The van der Waals surface area contributed by atoms with Gasteiger partial charge in [-0.1, -0.05) is 43.2 Å². The molecule has 0 atom stereocenters. The van der Waals surface area contributed by atoms with Crippen LogP contribution >= 0.6 is 0 Å². The zero-order valence-corrected chi connectivity index (χ0v) is 12.1. The topological polar surface area (TPSA) is 26.0 Å². The second kappa shape index (κ2) is 8.28. The largest absolute Gasteiger partial charge is 0.330 e. The van der Waals surface area contributed by atoms with Crippen molar-refractivity contribution in [2.75, 3.05) is 27.2 Å². The molecule has 0 spiro atoms. The fourth-order valence-corrected chi connectivity index (χ4v) is 2.37. The van der Waals surface area contributed by atoms with Crippen molar-refractivity contribution in [1.82, 2.24) is 0 Å². The number of unbranched alkanes of at least 4 members (excludes halogenated alkanes) is 4. The van der Waals surface area contributed by atoms with Crippen LogP contribution in [0.15, 0.2) is 30.3 Å². The molecule has 0 aliphatic carbocycles. The molecule has 18 heavy (non-hydrogen) atoms. The van der Waals surface area contributed by atoms with Crippen molar-refractivity contribution in [3.05, 3.63) is 35.9 Å². The lowest BCUT2D eigenvalue weighted by Crippen LogP contribution is -2.39. The normalized spacial score (nSPS) is 11.7. The van der Waals surface area contributed by atoms with E-state index in [1.165, 1.54) is 44.2 Å². The van der Waals surface area contributed by atoms with Gasteiger partial charge in [0.1, 0.15) is 6.54 Å². The molecule has 0 saturated carbocycles. The maximum Gasteiger partial charge on any atom is 0.104 e. The lowest BCUT2D eigenvalue weighted by atomic mass is 10.1. The highest BCUT2D eigenvalue weighted by molar-refractivity contribution is 5.13. The van der Waals surface area contributed by atoms with Crippen LogP contribution in [-0.4, -0.2) is 31.7 Å². The van der Waals surface area contributed by atoms with Crippen LogP contribution in [0.2, 0.25) is 0 Å². The Bertz CT molecular complexity index is 306. The molecular weight excluding hydrogens is 220 g/mol. The predicted octanol–water partition coefficient (Wildman–Crippen LogP) is 3.17. The summed E-state index contributed by atoms with van der Waals surface area (Å²) in [4.78, 5) is 0. The molecule has 0 fully saturated rings. The van der Waals surface area contributed by atoms with Gasteiger partial charge in [0.2, 0.25) is 0 Å². The quantitative estimate of drug-likeness (QED) is 0.528. The van der Waals surface area contributed by atoms with Gasteiger partial charge in [-0.05, 0) is 25.8 Å². The van der Waals surface area contributed by atoms with Crippen molar-refractivity contribution in [2.45, 2.75) is 38.6 Å². The van der Waals surface area contributed by atoms with Crippen LogP contribution in [0.4, 0.5) is 0 Å². The molecule has 0 aliphatic rings. The first kappa shape index (κ1) is 15.2. The highest BCUT2D eigenvalue weighted by Crippen LogP contribution is 2.12. The Morgan fingerprint density at radius 1 is 0.889 bits per heavy atom. The minimum Gasteiger partial charge on any atom is -0.330 e. The van der Waals surface area contributed by atoms with E-state index in [1.54, 1.807) is 0 Å². The van der Waals surface area contributed by atoms with Crippen molar-refractivity contribution >= 4 is 0 Å². The Hall–Kier alpha value is -0.860. The molecule has 0 radical (unpaired) electrons. The summed E-state index contributed by atoms with van der Waals surface area (Å²) in [7, 11) is 4.65. The summed E-state index contributed by atoms with van der Waals surface area (Å²) in [6, 6.07) is 10.8. The van der Waals surface area contributed by atoms with Crippen molar-refractivity contribution in [3.63, 3.8) is 0 Å². The first-order valence-corrected chi connectivity index (χ1v) is 7.20. The third-order valence-corrected chi connectivity index (χ3v) is 3.42. The van der Waals surface area contributed by atoms with Gasteiger partial charge in [0.05, 0.1) is 20.6 Å². The average Bonchev–Trinajstić information content (AvgIpc) is 2.34. The molecule has 1 aromatic carbocycles.